The molecule has 1 saturated heterocycles. The molecule has 6 heteroatoms. The van der Waals surface area contributed by atoms with Crippen molar-refractivity contribution in [1.82, 2.24) is 4.90 Å². The lowest BCUT2D eigenvalue weighted by atomic mass is 9.82. The van der Waals surface area contributed by atoms with Crippen molar-refractivity contribution in [3.8, 4) is 11.5 Å². The maximum absolute atomic E-state index is 12.5. The van der Waals surface area contributed by atoms with E-state index in [1.165, 1.54) is 14.2 Å². The number of rotatable bonds is 4. The van der Waals surface area contributed by atoms with Gasteiger partial charge in [0, 0.05) is 6.07 Å². The maximum Gasteiger partial charge on any atom is 0.256 e. The summed E-state index contributed by atoms with van der Waals surface area (Å²) >= 11 is 0. The van der Waals surface area contributed by atoms with E-state index >= 15 is 0 Å². The summed E-state index contributed by atoms with van der Waals surface area (Å²) in [5.74, 6) is 0.773. The molecule has 1 fully saturated rings. The number of aliphatic hydroxyl groups is 1. The van der Waals surface area contributed by atoms with Crippen LogP contribution in [0.15, 0.2) is 12.1 Å². The molecule has 0 bridgehead atoms. The first-order valence-corrected chi connectivity index (χ1v) is 6.85. The number of hydrogen-bond donors (Lipinski definition) is 2. The molecule has 0 unspecified atom stereocenters. The smallest absolute Gasteiger partial charge is 0.256 e. The number of likely N-dealkylation sites (tertiary alicyclic amines) is 1. The normalized spacial score (nSPS) is 16.6. The van der Waals surface area contributed by atoms with E-state index in [0.717, 1.165) is 0 Å². The zero-order valence-corrected chi connectivity index (χ0v) is 12.8. The monoisotopic (exact) mass is 294 g/mol. The number of amides is 1. The first kappa shape index (κ1) is 15.4. The third kappa shape index (κ3) is 2.63. The van der Waals surface area contributed by atoms with Crippen LogP contribution < -0.4 is 15.2 Å². The van der Waals surface area contributed by atoms with E-state index in [1.54, 1.807) is 17.0 Å². The van der Waals surface area contributed by atoms with Crippen LogP contribution in [0.3, 0.4) is 0 Å². The van der Waals surface area contributed by atoms with Crippen LogP contribution in [0.25, 0.3) is 0 Å². The molecule has 0 saturated carbocycles. The van der Waals surface area contributed by atoms with E-state index in [9.17, 15) is 9.90 Å². The van der Waals surface area contributed by atoms with Gasteiger partial charge < -0.3 is 25.2 Å². The molecule has 1 aromatic rings. The summed E-state index contributed by atoms with van der Waals surface area (Å²) < 4.78 is 10.3. The van der Waals surface area contributed by atoms with Crippen molar-refractivity contribution in [3.05, 3.63) is 17.7 Å². The lowest BCUT2D eigenvalue weighted by Gasteiger charge is -2.49. The molecule has 21 heavy (non-hydrogen) atoms. The third-order valence-corrected chi connectivity index (χ3v) is 4.09. The highest BCUT2D eigenvalue weighted by Crippen LogP contribution is 2.35. The van der Waals surface area contributed by atoms with E-state index in [0.29, 0.717) is 30.2 Å². The van der Waals surface area contributed by atoms with Crippen molar-refractivity contribution in [3.63, 3.8) is 0 Å². The molecule has 0 radical (unpaired) electrons. The van der Waals surface area contributed by atoms with Crippen LogP contribution in [0.4, 0.5) is 5.69 Å². The van der Waals surface area contributed by atoms with Gasteiger partial charge in [-0.05, 0) is 12.0 Å². The largest absolute Gasteiger partial charge is 0.497 e. The number of hydrogen-bond acceptors (Lipinski definition) is 5. The zero-order valence-electron chi connectivity index (χ0n) is 12.8. The predicted molar refractivity (Wildman–Crippen MR) is 79.6 cm³/mol. The second kappa shape index (κ2) is 5.44. The molecule has 1 aromatic carbocycles. The van der Waals surface area contributed by atoms with Gasteiger partial charge in [0.15, 0.2) is 0 Å². The molecule has 0 aromatic heterocycles. The lowest BCUT2D eigenvalue weighted by Crippen LogP contribution is -2.66. The maximum atomic E-state index is 12.5. The van der Waals surface area contributed by atoms with Gasteiger partial charge in [-0.2, -0.15) is 0 Å². The Kier molecular flexibility index (Phi) is 4.00. The van der Waals surface area contributed by atoms with E-state index in [-0.39, 0.29) is 17.5 Å². The highest BCUT2D eigenvalue weighted by Gasteiger charge is 2.46. The Morgan fingerprint density at radius 3 is 2.43 bits per heavy atom. The lowest BCUT2D eigenvalue weighted by molar-refractivity contribution is -0.110. The van der Waals surface area contributed by atoms with E-state index < -0.39 is 5.60 Å². The standard InChI is InChI=1S/C15H22N2O4/c1-9(2)15(19)7-17(8-15)14(18)11-5-10(20-3)6-12(21-4)13(11)16/h5-6,9,19H,7-8,16H2,1-4H3. The molecule has 1 amide bonds. The Labute approximate surface area is 124 Å². The molecule has 3 N–H and O–H groups in total. The summed E-state index contributed by atoms with van der Waals surface area (Å²) in [6, 6.07) is 3.22. The SMILES string of the molecule is COc1cc(OC)c(N)c(C(=O)N2CC(O)(C(C)C)C2)c1. The molecule has 1 heterocycles. The highest BCUT2D eigenvalue weighted by atomic mass is 16.5. The Hall–Kier alpha value is -1.95. The minimum absolute atomic E-state index is 0.0961. The summed E-state index contributed by atoms with van der Waals surface area (Å²) in [4.78, 5) is 14.1. The van der Waals surface area contributed by atoms with Gasteiger partial charge in [0.1, 0.15) is 17.1 Å². The summed E-state index contributed by atoms with van der Waals surface area (Å²) in [5, 5.41) is 10.2. The molecule has 2 rings (SSSR count). The van der Waals surface area contributed by atoms with Crippen LogP contribution in [-0.4, -0.2) is 48.8 Å². The molecule has 1 aliphatic rings. The zero-order chi connectivity index (χ0) is 15.8. The molecular weight excluding hydrogens is 272 g/mol. The fourth-order valence-corrected chi connectivity index (χ4v) is 2.36. The van der Waals surface area contributed by atoms with Gasteiger partial charge >= 0.3 is 0 Å². The summed E-state index contributed by atoms with van der Waals surface area (Å²) in [6.45, 7) is 4.49. The summed E-state index contributed by atoms with van der Waals surface area (Å²) in [5.41, 5.74) is 5.77. The van der Waals surface area contributed by atoms with E-state index in [4.69, 9.17) is 15.2 Å². The molecule has 116 valence electrons. The second-order valence-corrected chi connectivity index (χ2v) is 5.71. The minimum atomic E-state index is -0.812. The van der Waals surface area contributed by atoms with E-state index in [2.05, 4.69) is 0 Å². The molecule has 6 nitrogen and oxygen atoms in total. The Bertz CT molecular complexity index is 551. The average molecular weight is 294 g/mol. The van der Waals surface area contributed by atoms with Crippen molar-refractivity contribution in [2.75, 3.05) is 33.0 Å². The minimum Gasteiger partial charge on any atom is -0.497 e. The fraction of sp³-hybridized carbons (Fsp3) is 0.533. The summed E-state index contributed by atoms with van der Waals surface area (Å²) in [6.07, 6.45) is 0. The number of carbonyl (C=O) groups excluding carboxylic acids is 1. The van der Waals surface area contributed by atoms with Crippen LogP contribution in [-0.2, 0) is 0 Å². The Morgan fingerprint density at radius 2 is 1.95 bits per heavy atom. The Morgan fingerprint density at radius 1 is 1.33 bits per heavy atom. The number of β-amino-alcohol motifs (C(OH)–C–C–N with tert-alkyl or cyclic N) is 1. The number of nitrogens with zero attached hydrogens (tertiary/aromatic N) is 1. The molecule has 0 spiro atoms. The van der Waals surface area contributed by atoms with Crippen molar-refractivity contribution < 1.29 is 19.4 Å². The van der Waals surface area contributed by atoms with E-state index in [1.807, 2.05) is 13.8 Å². The van der Waals surface area contributed by atoms with Crippen LogP contribution in [0.5, 0.6) is 11.5 Å². The van der Waals surface area contributed by atoms with Gasteiger partial charge in [-0.15, -0.1) is 0 Å². The molecule has 0 aliphatic carbocycles. The second-order valence-electron chi connectivity index (χ2n) is 5.71. The summed E-state index contributed by atoms with van der Waals surface area (Å²) in [7, 11) is 3.00. The van der Waals surface area contributed by atoms with Gasteiger partial charge in [-0.25, -0.2) is 0 Å². The quantitative estimate of drug-likeness (QED) is 0.813. The van der Waals surface area contributed by atoms with Gasteiger partial charge in [0.2, 0.25) is 0 Å². The third-order valence-electron chi connectivity index (χ3n) is 4.09. The van der Waals surface area contributed by atoms with Crippen LogP contribution in [0.1, 0.15) is 24.2 Å². The van der Waals surface area contributed by atoms with Gasteiger partial charge in [0.25, 0.3) is 5.91 Å². The van der Waals surface area contributed by atoms with Crippen molar-refractivity contribution >= 4 is 11.6 Å². The topological polar surface area (TPSA) is 85.0 Å². The van der Waals surface area contributed by atoms with Crippen LogP contribution in [0, 0.1) is 5.92 Å². The fourth-order valence-electron chi connectivity index (χ4n) is 2.36. The average Bonchev–Trinajstić information content (AvgIpc) is 2.43. The number of methoxy groups -OCH3 is 2. The van der Waals surface area contributed by atoms with Crippen molar-refractivity contribution in [1.29, 1.82) is 0 Å². The highest BCUT2D eigenvalue weighted by molar-refractivity contribution is 6.01. The first-order chi connectivity index (χ1) is 9.82. The van der Waals surface area contributed by atoms with Crippen LogP contribution >= 0.6 is 0 Å². The first-order valence-electron chi connectivity index (χ1n) is 6.85. The van der Waals surface area contributed by atoms with Crippen molar-refractivity contribution in [2.24, 2.45) is 5.92 Å². The number of ether oxygens (including phenoxy) is 2. The molecular formula is C15H22N2O4. The number of nitrogen functional groups attached to an aromatic ring is 1. The predicted octanol–water partition coefficient (Wildman–Crippen LogP) is 1.13. The van der Waals surface area contributed by atoms with Crippen LogP contribution in [0.2, 0.25) is 0 Å². The number of benzene rings is 1. The number of carbonyl (C=O) groups is 1. The van der Waals surface area contributed by atoms with Crippen molar-refractivity contribution in [2.45, 2.75) is 19.4 Å². The van der Waals surface area contributed by atoms with Gasteiger partial charge in [-0.3, -0.25) is 4.79 Å². The molecule has 0 atom stereocenters. The number of anilines is 1. The van der Waals surface area contributed by atoms with Gasteiger partial charge in [0.05, 0.1) is 38.6 Å². The van der Waals surface area contributed by atoms with Gasteiger partial charge in [-0.1, -0.05) is 13.8 Å². The molecule has 1 aliphatic heterocycles. The Balaban J connectivity index is 2.25. The number of nitrogens with two attached hydrogens (primary N) is 1.